The molecule has 0 fully saturated rings. The molecule has 1 amide bonds. The third-order valence-corrected chi connectivity index (χ3v) is 5.89. The Labute approximate surface area is 196 Å². The molecule has 0 atom stereocenters. The monoisotopic (exact) mass is 460 g/mol. The summed E-state index contributed by atoms with van der Waals surface area (Å²) < 4.78 is 10.5. The molecule has 0 saturated carbocycles. The van der Waals surface area contributed by atoms with Gasteiger partial charge in [0.15, 0.2) is 0 Å². The third-order valence-electron chi connectivity index (χ3n) is 4.99. The summed E-state index contributed by atoms with van der Waals surface area (Å²) in [6, 6.07) is 21.7. The van der Waals surface area contributed by atoms with Gasteiger partial charge in [-0.25, -0.2) is 4.79 Å². The number of furan rings is 1. The molecule has 7 heteroatoms. The molecule has 33 heavy (non-hydrogen) atoms. The lowest BCUT2D eigenvalue weighted by Crippen LogP contribution is -2.28. The van der Waals surface area contributed by atoms with Crippen molar-refractivity contribution in [1.29, 1.82) is 0 Å². The minimum Gasteiger partial charge on any atom is -0.468 e. The summed E-state index contributed by atoms with van der Waals surface area (Å²) in [5.74, 6) is 0.0343. The molecule has 0 unspecified atom stereocenters. The van der Waals surface area contributed by atoms with Crippen molar-refractivity contribution in [3.05, 3.63) is 89.7 Å². The SMILES string of the molecule is CCOC(=O)c1c(-c2ccc(-c3ccccc3)cc2)csc1NC(=O)CNCc1ccco1. The van der Waals surface area contributed by atoms with E-state index in [4.69, 9.17) is 9.15 Å². The van der Waals surface area contributed by atoms with Crippen molar-refractivity contribution in [2.75, 3.05) is 18.5 Å². The highest BCUT2D eigenvalue weighted by Gasteiger charge is 2.22. The molecule has 2 aromatic carbocycles. The Morgan fingerprint density at radius 1 is 0.939 bits per heavy atom. The molecule has 4 rings (SSSR count). The first-order chi connectivity index (χ1) is 16.2. The van der Waals surface area contributed by atoms with Crippen LogP contribution in [0.15, 0.2) is 82.8 Å². The summed E-state index contributed by atoms with van der Waals surface area (Å²) >= 11 is 1.31. The van der Waals surface area contributed by atoms with Crippen LogP contribution >= 0.6 is 11.3 Å². The number of carbonyl (C=O) groups excluding carboxylic acids is 2. The van der Waals surface area contributed by atoms with Crippen molar-refractivity contribution < 1.29 is 18.7 Å². The van der Waals surface area contributed by atoms with Gasteiger partial charge in [0, 0.05) is 10.9 Å². The largest absolute Gasteiger partial charge is 0.468 e. The molecule has 0 aliphatic carbocycles. The van der Waals surface area contributed by atoms with Gasteiger partial charge in [-0.05, 0) is 35.7 Å². The van der Waals surface area contributed by atoms with Gasteiger partial charge in [-0.15, -0.1) is 11.3 Å². The van der Waals surface area contributed by atoms with Crippen LogP contribution in [0.5, 0.6) is 0 Å². The van der Waals surface area contributed by atoms with Crippen LogP contribution in [0.3, 0.4) is 0 Å². The van der Waals surface area contributed by atoms with Crippen LogP contribution in [0.25, 0.3) is 22.3 Å². The van der Waals surface area contributed by atoms with Gasteiger partial charge in [-0.2, -0.15) is 0 Å². The summed E-state index contributed by atoms with van der Waals surface area (Å²) in [6.07, 6.45) is 1.59. The second-order valence-corrected chi connectivity index (χ2v) is 8.13. The smallest absolute Gasteiger partial charge is 0.341 e. The maximum Gasteiger partial charge on any atom is 0.341 e. The Morgan fingerprint density at radius 2 is 1.67 bits per heavy atom. The maximum atomic E-state index is 12.8. The average Bonchev–Trinajstić information content (AvgIpc) is 3.50. The van der Waals surface area contributed by atoms with Crippen LogP contribution in [0.4, 0.5) is 5.00 Å². The average molecular weight is 461 g/mol. The maximum absolute atomic E-state index is 12.8. The molecule has 0 radical (unpaired) electrons. The fourth-order valence-corrected chi connectivity index (χ4v) is 4.40. The number of thiophene rings is 1. The predicted molar refractivity (Wildman–Crippen MR) is 130 cm³/mol. The highest BCUT2D eigenvalue weighted by Crippen LogP contribution is 2.37. The number of nitrogens with one attached hydrogen (secondary N) is 2. The molecular weight excluding hydrogens is 436 g/mol. The lowest BCUT2D eigenvalue weighted by molar-refractivity contribution is -0.115. The molecule has 6 nitrogen and oxygen atoms in total. The van der Waals surface area contributed by atoms with E-state index < -0.39 is 5.97 Å². The van der Waals surface area contributed by atoms with Crippen LogP contribution in [0.2, 0.25) is 0 Å². The number of ether oxygens (including phenoxy) is 1. The molecule has 2 N–H and O–H groups in total. The van der Waals surface area contributed by atoms with E-state index in [1.54, 1.807) is 19.3 Å². The number of amides is 1. The van der Waals surface area contributed by atoms with Gasteiger partial charge >= 0.3 is 5.97 Å². The van der Waals surface area contributed by atoms with Gasteiger partial charge in [0.25, 0.3) is 0 Å². The topological polar surface area (TPSA) is 80.6 Å². The first-order valence-corrected chi connectivity index (χ1v) is 11.5. The van der Waals surface area contributed by atoms with Crippen LogP contribution < -0.4 is 10.6 Å². The fraction of sp³-hybridized carbons (Fsp3) is 0.154. The highest BCUT2D eigenvalue weighted by molar-refractivity contribution is 7.15. The molecular formula is C26H24N2O4S. The van der Waals surface area contributed by atoms with E-state index >= 15 is 0 Å². The van der Waals surface area contributed by atoms with E-state index in [-0.39, 0.29) is 19.1 Å². The Morgan fingerprint density at radius 3 is 2.36 bits per heavy atom. The lowest BCUT2D eigenvalue weighted by atomic mass is 9.99. The molecule has 0 spiro atoms. The zero-order valence-corrected chi connectivity index (χ0v) is 19.0. The third kappa shape index (κ3) is 5.58. The Hall–Kier alpha value is -3.68. The minimum atomic E-state index is -0.459. The summed E-state index contributed by atoms with van der Waals surface area (Å²) in [4.78, 5) is 25.2. The van der Waals surface area contributed by atoms with Crippen molar-refractivity contribution in [3.8, 4) is 22.3 Å². The van der Waals surface area contributed by atoms with Crippen molar-refractivity contribution in [1.82, 2.24) is 5.32 Å². The van der Waals surface area contributed by atoms with Crippen LogP contribution in [-0.4, -0.2) is 25.0 Å². The Kier molecular flexibility index (Phi) is 7.34. The minimum absolute atomic E-state index is 0.0853. The molecule has 0 bridgehead atoms. The van der Waals surface area contributed by atoms with Crippen LogP contribution in [0.1, 0.15) is 23.0 Å². The van der Waals surface area contributed by atoms with Gasteiger partial charge in [0.1, 0.15) is 16.3 Å². The molecule has 168 valence electrons. The quantitative estimate of drug-likeness (QED) is 0.319. The van der Waals surface area contributed by atoms with Gasteiger partial charge in [0.2, 0.25) is 5.91 Å². The van der Waals surface area contributed by atoms with E-state index in [2.05, 4.69) is 22.8 Å². The first-order valence-electron chi connectivity index (χ1n) is 10.6. The zero-order valence-electron chi connectivity index (χ0n) is 18.2. The first kappa shape index (κ1) is 22.5. The summed E-state index contributed by atoms with van der Waals surface area (Å²) in [7, 11) is 0. The van der Waals surface area contributed by atoms with Crippen molar-refractivity contribution >= 4 is 28.2 Å². The second-order valence-electron chi connectivity index (χ2n) is 7.25. The molecule has 0 saturated heterocycles. The number of carbonyl (C=O) groups is 2. The lowest BCUT2D eigenvalue weighted by Gasteiger charge is -2.10. The number of benzene rings is 2. The number of anilines is 1. The molecule has 4 aromatic rings. The molecule has 2 aromatic heterocycles. The van der Waals surface area contributed by atoms with Gasteiger partial charge < -0.3 is 19.8 Å². The number of hydrogen-bond acceptors (Lipinski definition) is 6. The van der Waals surface area contributed by atoms with Crippen LogP contribution in [0, 0.1) is 0 Å². The van der Waals surface area contributed by atoms with E-state index in [9.17, 15) is 9.59 Å². The van der Waals surface area contributed by atoms with E-state index in [1.807, 2.05) is 53.9 Å². The molecule has 0 aliphatic heterocycles. The second kappa shape index (κ2) is 10.8. The van der Waals surface area contributed by atoms with Crippen molar-refractivity contribution in [3.63, 3.8) is 0 Å². The van der Waals surface area contributed by atoms with Crippen molar-refractivity contribution in [2.24, 2.45) is 0 Å². The standard InChI is InChI=1S/C26H24N2O4S/c1-2-31-26(30)24-22(20-12-10-19(11-13-20)18-7-4-3-5-8-18)17-33-25(24)28-23(29)16-27-15-21-9-6-14-32-21/h3-14,17,27H,2,15-16H2,1H3,(H,28,29). The van der Waals surface area contributed by atoms with Gasteiger partial charge in [0.05, 0.1) is 26.0 Å². The van der Waals surface area contributed by atoms with Gasteiger partial charge in [-0.3, -0.25) is 4.79 Å². The fourth-order valence-electron chi connectivity index (χ4n) is 3.42. The number of rotatable bonds is 9. The predicted octanol–water partition coefficient (Wildman–Crippen LogP) is 5.58. The zero-order chi connectivity index (χ0) is 23.0. The summed E-state index contributed by atoms with van der Waals surface area (Å²) in [5, 5.41) is 8.21. The Balaban J connectivity index is 1.52. The summed E-state index contributed by atoms with van der Waals surface area (Å²) in [6.45, 7) is 2.53. The van der Waals surface area contributed by atoms with E-state index in [0.717, 1.165) is 28.0 Å². The van der Waals surface area contributed by atoms with E-state index in [1.165, 1.54) is 11.3 Å². The van der Waals surface area contributed by atoms with Crippen molar-refractivity contribution in [2.45, 2.75) is 13.5 Å². The van der Waals surface area contributed by atoms with Gasteiger partial charge in [-0.1, -0.05) is 54.6 Å². The Bertz CT molecular complexity index is 1200. The number of esters is 1. The number of hydrogen-bond donors (Lipinski definition) is 2. The highest BCUT2D eigenvalue weighted by atomic mass is 32.1. The van der Waals surface area contributed by atoms with E-state index in [0.29, 0.717) is 17.1 Å². The summed E-state index contributed by atoms with van der Waals surface area (Å²) in [5.41, 5.74) is 4.19. The molecule has 2 heterocycles. The molecule has 0 aliphatic rings. The van der Waals surface area contributed by atoms with Crippen LogP contribution in [-0.2, 0) is 16.1 Å². The normalized spacial score (nSPS) is 10.7.